The van der Waals surface area contributed by atoms with Crippen molar-refractivity contribution < 1.29 is 0 Å². The van der Waals surface area contributed by atoms with Gasteiger partial charge in [-0.25, -0.2) is 9.97 Å². The smallest absolute Gasteiger partial charge is 0.115 e. The van der Waals surface area contributed by atoms with Crippen molar-refractivity contribution in [3.8, 4) is 0 Å². The summed E-state index contributed by atoms with van der Waals surface area (Å²) >= 11 is 12.1. The number of nitrogens with zero attached hydrogens (tertiary/aromatic N) is 3. The van der Waals surface area contributed by atoms with E-state index in [1.807, 2.05) is 24.5 Å². The molecule has 0 radical (unpaired) electrons. The lowest BCUT2D eigenvalue weighted by molar-refractivity contribution is 0.551. The van der Waals surface area contributed by atoms with Crippen LogP contribution in [0.1, 0.15) is 12.0 Å². The fraction of sp³-hybridized carbons (Fsp3) is 0.333. The zero-order valence-electron chi connectivity index (χ0n) is 11.5. The molecule has 2 heterocycles. The third-order valence-electron chi connectivity index (χ3n) is 3.70. The summed E-state index contributed by atoms with van der Waals surface area (Å²) < 4.78 is 0. The van der Waals surface area contributed by atoms with E-state index in [-0.39, 0.29) is 0 Å². The van der Waals surface area contributed by atoms with E-state index < -0.39 is 0 Å². The van der Waals surface area contributed by atoms with Crippen LogP contribution in [0.4, 0.5) is 5.69 Å². The molecular formula is C15H16Cl2N4. The number of hydrogen-bond donors (Lipinski definition) is 1. The van der Waals surface area contributed by atoms with Crippen molar-refractivity contribution in [3.63, 3.8) is 0 Å². The summed E-state index contributed by atoms with van der Waals surface area (Å²) in [6.45, 7) is 2.72. The maximum atomic E-state index is 6.19. The minimum absolute atomic E-state index is 0.442. The Kier molecular flexibility index (Phi) is 4.58. The lowest BCUT2D eigenvalue weighted by Gasteiger charge is -2.18. The summed E-state index contributed by atoms with van der Waals surface area (Å²) in [5.41, 5.74) is 2.15. The van der Waals surface area contributed by atoms with Crippen molar-refractivity contribution in [3.05, 3.63) is 52.5 Å². The Morgan fingerprint density at radius 1 is 1.24 bits per heavy atom. The molecule has 1 unspecified atom stereocenters. The van der Waals surface area contributed by atoms with Gasteiger partial charge in [0.1, 0.15) is 6.33 Å². The second-order valence-electron chi connectivity index (χ2n) is 5.14. The average molecular weight is 323 g/mol. The molecule has 1 atom stereocenters. The number of rotatable bonds is 4. The Labute approximate surface area is 134 Å². The predicted octanol–water partition coefficient (Wildman–Crippen LogP) is 3.15. The molecule has 3 rings (SSSR count). The minimum Gasteiger partial charge on any atom is -0.367 e. The molecule has 1 aliphatic rings. The Morgan fingerprint density at radius 3 is 2.81 bits per heavy atom. The topological polar surface area (TPSA) is 41.0 Å². The van der Waals surface area contributed by atoms with Gasteiger partial charge in [-0.1, -0.05) is 29.3 Å². The van der Waals surface area contributed by atoms with Crippen LogP contribution in [0.25, 0.3) is 0 Å². The Hall–Kier alpha value is -1.36. The molecule has 110 valence electrons. The first-order valence-electron chi connectivity index (χ1n) is 6.89. The van der Waals surface area contributed by atoms with Crippen LogP contribution in [0.3, 0.4) is 0 Å². The summed E-state index contributed by atoms with van der Waals surface area (Å²) in [5.74, 6) is 0. The van der Waals surface area contributed by atoms with Crippen LogP contribution in [-0.2, 0) is 6.54 Å². The minimum atomic E-state index is 0.442. The van der Waals surface area contributed by atoms with Crippen molar-refractivity contribution in [1.29, 1.82) is 0 Å². The zero-order chi connectivity index (χ0) is 14.7. The van der Waals surface area contributed by atoms with Gasteiger partial charge in [-0.05, 0) is 24.1 Å². The number of halogens is 2. The first-order valence-corrected chi connectivity index (χ1v) is 7.65. The highest BCUT2D eigenvalue weighted by atomic mass is 35.5. The molecule has 21 heavy (non-hydrogen) atoms. The molecule has 0 bridgehead atoms. The van der Waals surface area contributed by atoms with Crippen LogP contribution < -0.4 is 10.2 Å². The standard InChI is InChI=1S/C15H16Cl2N4/c16-12-2-1-11(15(17)5-12)6-20-13-3-4-21(9-13)14-7-18-10-19-8-14/h1-2,5,7-8,10,13,20H,3-4,6,9H2. The highest BCUT2D eigenvalue weighted by molar-refractivity contribution is 6.35. The average Bonchev–Trinajstić information content (AvgIpc) is 2.96. The third kappa shape index (κ3) is 3.64. The van der Waals surface area contributed by atoms with Gasteiger partial charge in [0.2, 0.25) is 0 Å². The normalized spacial score (nSPS) is 18.2. The van der Waals surface area contributed by atoms with Gasteiger partial charge in [0, 0.05) is 35.7 Å². The predicted molar refractivity (Wildman–Crippen MR) is 86.0 cm³/mol. The molecule has 0 saturated carbocycles. The van der Waals surface area contributed by atoms with E-state index in [1.165, 1.54) is 0 Å². The highest BCUT2D eigenvalue weighted by Gasteiger charge is 2.22. The number of benzene rings is 1. The van der Waals surface area contributed by atoms with Crippen LogP contribution in [-0.4, -0.2) is 29.1 Å². The molecule has 0 aliphatic carbocycles. The molecule has 1 aromatic carbocycles. The van der Waals surface area contributed by atoms with E-state index in [4.69, 9.17) is 23.2 Å². The van der Waals surface area contributed by atoms with Crippen molar-refractivity contribution in [2.45, 2.75) is 19.0 Å². The van der Waals surface area contributed by atoms with Gasteiger partial charge in [0.15, 0.2) is 0 Å². The first-order chi connectivity index (χ1) is 10.2. The zero-order valence-corrected chi connectivity index (χ0v) is 13.0. The van der Waals surface area contributed by atoms with Crippen molar-refractivity contribution in [2.24, 2.45) is 0 Å². The van der Waals surface area contributed by atoms with Crippen LogP contribution in [0.2, 0.25) is 10.0 Å². The van der Waals surface area contributed by atoms with Gasteiger partial charge >= 0.3 is 0 Å². The summed E-state index contributed by atoms with van der Waals surface area (Å²) in [7, 11) is 0. The molecule has 0 amide bonds. The van der Waals surface area contributed by atoms with Gasteiger partial charge in [0.25, 0.3) is 0 Å². The summed E-state index contributed by atoms with van der Waals surface area (Å²) in [6, 6.07) is 6.06. The maximum absolute atomic E-state index is 6.19. The van der Waals surface area contributed by atoms with Gasteiger partial charge in [-0.2, -0.15) is 0 Å². The maximum Gasteiger partial charge on any atom is 0.115 e. The molecule has 1 aliphatic heterocycles. The van der Waals surface area contributed by atoms with E-state index in [0.29, 0.717) is 16.1 Å². The van der Waals surface area contributed by atoms with Crippen LogP contribution in [0.15, 0.2) is 36.9 Å². The van der Waals surface area contributed by atoms with Gasteiger partial charge in [-0.3, -0.25) is 0 Å². The molecule has 1 N–H and O–H groups in total. The monoisotopic (exact) mass is 322 g/mol. The van der Waals surface area contributed by atoms with E-state index in [9.17, 15) is 0 Å². The molecule has 4 nitrogen and oxygen atoms in total. The van der Waals surface area contributed by atoms with Crippen molar-refractivity contribution >= 4 is 28.9 Å². The van der Waals surface area contributed by atoms with Crippen LogP contribution in [0.5, 0.6) is 0 Å². The van der Waals surface area contributed by atoms with E-state index in [1.54, 1.807) is 12.4 Å². The number of anilines is 1. The number of nitrogens with one attached hydrogen (secondary N) is 1. The molecule has 1 fully saturated rings. The summed E-state index contributed by atoms with van der Waals surface area (Å²) in [5, 5.41) is 4.92. The molecule has 1 aromatic heterocycles. The first kappa shape index (κ1) is 14.6. The fourth-order valence-corrected chi connectivity index (χ4v) is 3.01. The number of hydrogen-bond acceptors (Lipinski definition) is 4. The lowest BCUT2D eigenvalue weighted by Crippen LogP contribution is -2.32. The van der Waals surface area contributed by atoms with Crippen LogP contribution >= 0.6 is 23.2 Å². The van der Waals surface area contributed by atoms with Crippen LogP contribution in [0, 0.1) is 0 Å². The second kappa shape index (κ2) is 6.60. The van der Waals surface area contributed by atoms with E-state index >= 15 is 0 Å². The lowest BCUT2D eigenvalue weighted by atomic mass is 10.2. The third-order valence-corrected chi connectivity index (χ3v) is 4.28. The Bertz CT molecular complexity index is 606. The summed E-state index contributed by atoms with van der Waals surface area (Å²) in [6.07, 6.45) is 6.36. The molecule has 6 heteroatoms. The van der Waals surface area contributed by atoms with Gasteiger partial charge in [-0.15, -0.1) is 0 Å². The largest absolute Gasteiger partial charge is 0.367 e. The second-order valence-corrected chi connectivity index (χ2v) is 5.99. The molecule has 0 spiro atoms. The summed E-state index contributed by atoms with van der Waals surface area (Å²) in [4.78, 5) is 10.4. The van der Waals surface area contributed by atoms with Crippen molar-refractivity contribution in [1.82, 2.24) is 15.3 Å². The van der Waals surface area contributed by atoms with Gasteiger partial charge < -0.3 is 10.2 Å². The molecule has 1 saturated heterocycles. The fourth-order valence-electron chi connectivity index (χ4n) is 2.54. The van der Waals surface area contributed by atoms with E-state index in [2.05, 4.69) is 20.2 Å². The van der Waals surface area contributed by atoms with E-state index in [0.717, 1.165) is 37.3 Å². The Morgan fingerprint density at radius 2 is 2.05 bits per heavy atom. The Balaban J connectivity index is 1.55. The van der Waals surface area contributed by atoms with Gasteiger partial charge in [0.05, 0.1) is 18.1 Å². The molecular weight excluding hydrogens is 307 g/mol. The number of aromatic nitrogens is 2. The SMILES string of the molecule is Clc1ccc(CNC2CCN(c3cncnc3)C2)c(Cl)c1. The quantitative estimate of drug-likeness (QED) is 0.938. The molecule has 2 aromatic rings. The highest BCUT2D eigenvalue weighted by Crippen LogP contribution is 2.22. The van der Waals surface area contributed by atoms with Crippen molar-refractivity contribution in [2.75, 3.05) is 18.0 Å².